The normalized spacial score (nSPS) is 13.4. The Kier molecular flexibility index (Phi) is 9.69. The predicted molar refractivity (Wildman–Crippen MR) is 72.7 cm³/mol. The van der Waals surface area contributed by atoms with Crippen LogP contribution in [-0.2, 0) is 28.7 Å². The minimum atomic E-state index is -1.26. The summed E-state index contributed by atoms with van der Waals surface area (Å²) in [5.41, 5.74) is 0.635. The van der Waals surface area contributed by atoms with Gasteiger partial charge in [-0.25, -0.2) is 14.4 Å². The van der Waals surface area contributed by atoms with E-state index in [9.17, 15) is 19.2 Å². The largest absolute Gasteiger partial charge is 0.478 e. The number of nitrogens with one attached hydrogen (secondary N) is 1. The smallest absolute Gasteiger partial charge is 0.336 e. The van der Waals surface area contributed by atoms with Crippen molar-refractivity contribution in [3.63, 3.8) is 0 Å². The molecule has 122 valence electrons. The van der Waals surface area contributed by atoms with Gasteiger partial charge >= 0.3 is 23.9 Å². The molecule has 0 unspecified atom stereocenters. The Balaban J connectivity index is 0.000000472. The van der Waals surface area contributed by atoms with Gasteiger partial charge in [0.25, 0.3) is 0 Å². The highest BCUT2D eigenvalue weighted by molar-refractivity contribution is 5.89. The zero-order chi connectivity index (χ0) is 17.0. The molecule has 0 amide bonds. The lowest BCUT2D eigenvalue weighted by Crippen LogP contribution is -2.24. The van der Waals surface area contributed by atoms with Crippen molar-refractivity contribution in [2.75, 3.05) is 19.9 Å². The fraction of sp³-hybridized carbons (Fsp3) is 0.385. The molecule has 0 aromatic heterocycles. The van der Waals surface area contributed by atoms with Crippen LogP contribution in [0.1, 0.15) is 13.3 Å². The van der Waals surface area contributed by atoms with E-state index in [1.54, 1.807) is 6.08 Å². The van der Waals surface area contributed by atoms with Crippen LogP contribution in [-0.4, -0.2) is 54.0 Å². The number of hydrogen-bond acceptors (Lipinski definition) is 7. The zero-order valence-corrected chi connectivity index (χ0v) is 11.9. The van der Waals surface area contributed by atoms with Crippen LogP contribution < -0.4 is 5.32 Å². The summed E-state index contributed by atoms with van der Waals surface area (Å²) in [4.78, 5) is 40.7. The molecule has 0 saturated carbocycles. The Hall–Kier alpha value is -2.68. The molecular weight excluding hydrogens is 298 g/mol. The van der Waals surface area contributed by atoms with Crippen molar-refractivity contribution < 1.29 is 38.9 Å². The van der Waals surface area contributed by atoms with Crippen molar-refractivity contribution in [3.05, 3.63) is 23.8 Å². The fourth-order valence-electron chi connectivity index (χ4n) is 1.21. The van der Waals surface area contributed by atoms with Crippen molar-refractivity contribution >= 4 is 23.9 Å². The van der Waals surface area contributed by atoms with E-state index >= 15 is 0 Å². The molecule has 0 aromatic rings. The number of carbonyl (C=O) groups excluding carboxylic acids is 2. The number of esters is 2. The molecule has 9 nitrogen and oxygen atoms in total. The number of aliphatic carboxylic acids is 2. The van der Waals surface area contributed by atoms with Gasteiger partial charge in [-0.15, -0.1) is 0 Å². The third kappa shape index (κ3) is 11.2. The minimum absolute atomic E-state index is 0.307. The molecule has 3 N–H and O–H groups in total. The summed E-state index contributed by atoms with van der Waals surface area (Å²) < 4.78 is 9.19. The van der Waals surface area contributed by atoms with Crippen molar-refractivity contribution in [3.8, 4) is 0 Å². The Morgan fingerprint density at radius 2 is 1.77 bits per heavy atom. The number of ether oxygens (including phenoxy) is 2. The highest BCUT2D eigenvalue weighted by atomic mass is 16.7. The molecule has 1 rings (SSSR count). The van der Waals surface area contributed by atoms with Crippen LogP contribution in [0.2, 0.25) is 0 Å². The first kappa shape index (κ1) is 19.3. The Morgan fingerprint density at radius 3 is 2.18 bits per heavy atom. The molecule has 0 radical (unpaired) electrons. The SMILES string of the molecule is CC(=O)OCOC(=O)C1=CCNCC1.O=C(O)/C=C/C(=O)O. The standard InChI is InChI=1S/C9H13NO4.C4H4O4/c1-7(11)13-6-14-9(12)8-2-4-10-5-3-8;5-3(6)1-2-4(7)8/h2,10H,3-6H2,1H3;1-2H,(H,5,6)(H,7,8)/b;2-1+. The molecule has 0 atom stereocenters. The van der Waals surface area contributed by atoms with Crippen LogP contribution in [0.4, 0.5) is 0 Å². The van der Waals surface area contributed by atoms with Gasteiger partial charge in [0, 0.05) is 31.2 Å². The van der Waals surface area contributed by atoms with E-state index in [0.717, 1.165) is 6.54 Å². The van der Waals surface area contributed by atoms with E-state index < -0.39 is 23.9 Å². The molecule has 9 heteroatoms. The summed E-state index contributed by atoms with van der Waals surface area (Å²) in [6, 6.07) is 0. The molecule has 22 heavy (non-hydrogen) atoms. The summed E-state index contributed by atoms with van der Waals surface area (Å²) in [5.74, 6) is -3.38. The van der Waals surface area contributed by atoms with Gasteiger partial charge in [-0.2, -0.15) is 0 Å². The molecule has 0 fully saturated rings. The zero-order valence-electron chi connectivity index (χ0n) is 11.9. The second kappa shape index (κ2) is 11.0. The maximum absolute atomic E-state index is 11.3. The average molecular weight is 315 g/mol. The molecular formula is C13H17NO8. The Bertz CT molecular complexity index is 464. The van der Waals surface area contributed by atoms with E-state index in [1.807, 2.05) is 0 Å². The Morgan fingerprint density at radius 1 is 1.18 bits per heavy atom. The quantitative estimate of drug-likeness (QED) is 0.354. The van der Waals surface area contributed by atoms with Gasteiger partial charge < -0.3 is 25.0 Å². The third-order valence-electron chi connectivity index (χ3n) is 2.15. The number of carbonyl (C=O) groups is 4. The van der Waals surface area contributed by atoms with Crippen molar-refractivity contribution in [2.24, 2.45) is 0 Å². The summed E-state index contributed by atoms with van der Waals surface area (Å²) in [6.07, 6.45) is 3.54. The van der Waals surface area contributed by atoms with Crippen LogP contribution in [0, 0.1) is 0 Å². The van der Waals surface area contributed by atoms with E-state index in [-0.39, 0.29) is 6.79 Å². The maximum Gasteiger partial charge on any atom is 0.336 e. The maximum atomic E-state index is 11.3. The lowest BCUT2D eigenvalue weighted by atomic mass is 10.1. The van der Waals surface area contributed by atoms with Crippen LogP contribution in [0.15, 0.2) is 23.8 Å². The van der Waals surface area contributed by atoms with Gasteiger partial charge in [-0.3, -0.25) is 4.79 Å². The van der Waals surface area contributed by atoms with Crippen LogP contribution >= 0.6 is 0 Å². The minimum Gasteiger partial charge on any atom is -0.478 e. The van der Waals surface area contributed by atoms with E-state index in [0.29, 0.717) is 30.7 Å². The number of carboxylic acid groups (broad SMARTS) is 2. The van der Waals surface area contributed by atoms with Gasteiger partial charge in [0.1, 0.15) is 0 Å². The lowest BCUT2D eigenvalue weighted by molar-refractivity contribution is -0.163. The summed E-state index contributed by atoms with van der Waals surface area (Å²) in [6.45, 7) is 2.41. The number of carboxylic acids is 2. The topological polar surface area (TPSA) is 139 Å². The van der Waals surface area contributed by atoms with Crippen LogP contribution in [0.3, 0.4) is 0 Å². The fourth-order valence-corrected chi connectivity index (χ4v) is 1.21. The molecule has 1 aliphatic heterocycles. The molecule has 0 bridgehead atoms. The highest BCUT2D eigenvalue weighted by Gasteiger charge is 2.13. The van der Waals surface area contributed by atoms with E-state index in [4.69, 9.17) is 14.9 Å². The monoisotopic (exact) mass is 315 g/mol. The molecule has 0 saturated heterocycles. The van der Waals surface area contributed by atoms with Gasteiger partial charge in [0.15, 0.2) is 0 Å². The average Bonchev–Trinajstić information content (AvgIpc) is 2.46. The first-order valence-electron chi connectivity index (χ1n) is 6.17. The van der Waals surface area contributed by atoms with Crippen LogP contribution in [0.5, 0.6) is 0 Å². The van der Waals surface area contributed by atoms with Gasteiger partial charge in [-0.05, 0) is 13.0 Å². The Labute approximate surface area is 126 Å². The van der Waals surface area contributed by atoms with Gasteiger partial charge in [0.05, 0.1) is 0 Å². The van der Waals surface area contributed by atoms with Gasteiger partial charge in [0.2, 0.25) is 6.79 Å². The first-order chi connectivity index (χ1) is 10.3. The van der Waals surface area contributed by atoms with E-state index in [2.05, 4.69) is 10.1 Å². The van der Waals surface area contributed by atoms with Crippen molar-refractivity contribution in [2.45, 2.75) is 13.3 Å². The molecule has 1 heterocycles. The first-order valence-corrected chi connectivity index (χ1v) is 6.17. The second-order valence-corrected chi connectivity index (χ2v) is 3.88. The number of rotatable bonds is 5. The summed E-state index contributed by atoms with van der Waals surface area (Å²) >= 11 is 0. The molecule has 1 aliphatic rings. The molecule has 0 aliphatic carbocycles. The second-order valence-electron chi connectivity index (χ2n) is 3.88. The molecule has 0 spiro atoms. The molecule has 0 aromatic carbocycles. The lowest BCUT2D eigenvalue weighted by Gasteiger charge is -2.12. The van der Waals surface area contributed by atoms with Gasteiger partial charge in [-0.1, -0.05) is 6.08 Å². The summed E-state index contributed by atoms with van der Waals surface area (Å²) in [5, 5.41) is 18.7. The van der Waals surface area contributed by atoms with Crippen LogP contribution in [0.25, 0.3) is 0 Å². The highest BCUT2D eigenvalue weighted by Crippen LogP contribution is 2.06. The van der Waals surface area contributed by atoms with Crippen molar-refractivity contribution in [1.29, 1.82) is 0 Å². The number of hydrogen-bond donors (Lipinski definition) is 3. The van der Waals surface area contributed by atoms with Crippen molar-refractivity contribution in [1.82, 2.24) is 5.32 Å². The van der Waals surface area contributed by atoms with E-state index in [1.165, 1.54) is 6.92 Å². The summed E-state index contributed by atoms with van der Waals surface area (Å²) in [7, 11) is 0. The predicted octanol–water partition coefficient (Wildman–Crippen LogP) is -0.318. The third-order valence-corrected chi connectivity index (χ3v) is 2.15.